The van der Waals surface area contributed by atoms with Crippen LogP contribution in [0.4, 0.5) is 0 Å². The lowest BCUT2D eigenvalue weighted by molar-refractivity contribution is -0.544. The minimum Gasteiger partial charge on any atom is -0.350 e. The fourth-order valence-corrected chi connectivity index (χ4v) is 1.18. The monoisotopic (exact) mass is 322 g/mol. The third-order valence-corrected chi connectivity index (χ3v) is 2.69. The van der Waals surface area contributed by atoms with Crippen LogP contribution in [0.5, 0.6) is 0 Å². The summed E-state index contributed by atoms with van der Waals surface area (Å²) in [5.74, 6) is -0.158. The quantitative estimate of drug-likeness (QED) is 0.290. The Labute approximate surface area is 135 Å². The van der Waals surface area contributed by atoms with E-state index in [0.717, 1.165) is 0 Å². The molecule has 0 aromatic heterocycles. The molecule has 2 atom stereocenters. The molecule has 6 nitrogen and oxygen atoms in total. The molecular formula is C16H34O6. The van der Waals surface area contributed by atoms with Gasteiger partial charge in [-0.25, -0.2) is 9.78 Å². The van der Waals surface area contributed by atoms with Crippen molar-refractivity contribution in [2.24, 2.45) is 11.8 Å². The first kappa shape index (κ1) is 21.8. The van der Waals surface area contributed by atoms with Gasteiger partial charge in [-0.2, -0.15) is 9.78 Å². The molecule has 0 aliphatic heterocycles. The van der Waals surface area contributed by atoms with Crippen LogP contribution in [0, 0.1) is 11.8 Å². The molecule has 0 spiro atoms. The zero-order valence-corrected chi connectivity index (χ0v) is 15.4. The highest BCUT2D eigenvalue weighted by molar-refractivity contribution is 4.54. The van der Waals surface area contributed by atoms with E-state index in [1.165, 1.54) is 0 Å². The van der Waals surface area contributed by atoms with Gasteiger partial charge in [0.2, 0.25) is 5.79 Å². The molecule has 0 rings (SSSR count). The van der Waals surface area contributed by atoms with Gasteiger partial charge in [0.1, 0.15) is 0 Å². The highest BCUT2D eigenvalue weighted by Gasteiger charge is 2.29. The second kappa shape index (κ2) is 11.3. The summed E-state index contributed by atoms with van der Waals surface area (Å²) in [5.41, 5.74) is 0. The van der Waals surface area contributed by atoms with Gasteiger partial charge in [-0.05, 0) is 32.6 Å². The molecule has 0 saturated heterocycles. The normalized spacial score (nSPS) is 17.7. The van der Waals surface area contributed by atoms with Crippen molar-refractivity contribution >= 4 is 0 Å². The standard InChI is InChI=1S/C16H34O6/c1-9-16(8,21-19-14(6)17-10-12(2)3)22-20-15(7)18-11-13(4)5/h12-15H,9-11H2,1-8H3. The topological polar surface area (TPSA) is 55.4 Å². The van der Waals surface area contributed by atoms with E-state index in [9.17, 15) is 0 Å². The molecule has 6 heteroatoms. The molecule has 2 unspecified atom stereocenters. The van der Waals surface area contributed by atoms with Gasteiger partial charge in [0.25, 0.3) is 0 Å². The summed E-state index contributed by atoms with van der Waals surface area (Å²) in [5, 5.41) is 0. The Hall–Kier alpha value is -0.240. The van der Waals surface area contributed by atoms with Crippen LogP contribution < -0.4 is 0 Å². The Morgan fingerprint density at radius 2 is 1.09 bits per heavy atom. The van der Waals surface area contributed by atoms with Crippen molar-refractivity contribution < 1.29 is 29.0 Å². The molecule has 0 aliphatic carbocycles. The van der Waals surface area contributed by atoms with E-state index in [0.29, 0.717) is 31.5 Å². The van der Waals surface area contributed by atoms with Gasteiger partial charge in [-0.3, -0.25) is 0 Å². The van der Waals surface area contributed by atoms with Crippen molar-refractivity contribution in [2.45, 2.75) is 80.2 Å². The minimum atomic E-state index is -1.02. The Morgan fingerprint density at radius 1 is 0.727 bits per heavy atom. The molecule has 0 N–H and O–H groups in total. The molecule has 0 fully saturated rings. The van der Waals surface area contributed by atoms with Gasteiger partial charge in [-0.15, -0.1) is 0 Å². The van der Waals surface area contributed by atoms with Gasteiger partial charge in [0.15, 0.2) is 12.6 Å². The maximum Gasteiger partial charge on any atom is 0.231 e. The largest absolute Gasteiger partial charge is 0.350 e. The molecule has 0 bridgehead atoms. The van der Waals surface area contributed by atoms with Gasteiger partial charge in [0.05, 0.1) is 13.2 Å². The average molecular weight is 322 g/mol. The first-order valence-corrected chi connectivity index (χ1v) is 8.10. The second-order valence-electron chi connectivity index (χ2n) is 6.44. The van der Waals surface area contributed by atoms with Crippen molar-refractivity contribution in [3.63, 3.8) is 0 Å². The maximum atomic E-state index is 5.47. The Bertz CT molecular complexity index is 247. The lowest BCUT2D eigenvalue weighted by atomic mass is 10.2. The van der Waals surface area contributed by atoms with Gasteiger partial charge >= 0.3 is 0 Å². The Kier molecular flexibility index (Phi) is 11.2. The number of hydrogen-bond acceptors (Lipinski definition) is 6. The summed E-state index contributed by atoms with van der Waals surface area (Å²) >= 11 is 0. The molecule has 22 heavy (non-hydrogen) atoms. The molecule has 0 saturated carbocycles. The molecule has 0 heterocycles. The van der Waals surface area contributed by atoms with Crippen LogP contribution in [0.3, 0.4) is 0 Å². The number of rotatable bonds is 13. The van der Waals surface area contributed by atoms with Crippen molar-refractivity contribution in [1.82, 2.24) is 0 Å². The first-order valence-electron chi connectivity index (χ1n) is 8.10. The van der Waals surface area contributed by atoms with E-state index in [-0.39, 0.29) is 0 Å². The zero-order chi connectivity index (χ0) is 17.2. The summed E-state index contributed by atoms with van der Waals surface area (Å²) in [6.07, 6.45) is -0.418. The summed E-state index contributed by atoms with van der Waals surface area (Å²) in [4.78, 5) is 21.1. The smallest absolute Gasteiger partial charge is 0.231 e. The lowest BCUT2D eigenvalue weighted by Gasteiger charge is -2.28. The van der Waals surface area contributed by atoms with E-state index < -0.39 is 18.4 Å². The second-order valence-corrected chi connectivity index (χ2v) is 6.44. The van der Waals surface area contributed by atoms with E-state index >= 15 is 0 Å². The average Bonchev–Trinajstić information content (AvgIpc) is 2.46. The van der Waals surface area contributed by atoms with Crippen molar-refractivity contribution in [3.05, 3.63) is 0 Å². The van der Waals surface area contributed by atoms with E-state index in [2.05, 4.69) is 27.7 Å². The SMILES string of the molecule is CCC(C)(OOC(C)OCC(C)C)OOC(C)OCC(C)C. The van der Waals surface area contributed by atoms with Crippen LogP contribution in [-0.2, 0) is 29.0 Å². The summed E-state index contributed by atoms with van der Waals surface area (Å²) in [7, 11) is 0. The van der Waals surface area contributed by atoms with E-state index in [4.69, 9.17) is 29.0 Å². The van der Waals surface area contributed by atoms with Crippen LogP contribution in [0.2, 0.25) is 0 Å². The fourth-order valence-electron chi connectivity index (χ4n) is 1.18. The molecule has 0 radical (unpaired) electrons. The fraction of sp³-hybridized carbons (Fsp3) is 1.00. The van der Waals surface area contributed by atoms with E-state index in [1.807, 2.05) is 6.92 Å². The van der Waals surface area contributed by atoms with E-state index in [1.54, 1.807) is 20.8 Å². The molecule has 0 aliphatic rings. The minimum absolute atomic E-state index is 0.433. The van der Waals surface area contributed by atoms with Gasteiger partial charge in [-0.1, -0.05) is 34.6 Å². The third-order valence-electron chi connectivity index (χ3n) is 2.69. The van der Waals surface area contributed by atoms with Crippen molar-refractivity contribution in [3.8, 4) is 0 Å². The Morgan fingerprint density at radius 3 is 1.36 bits per heavy atom. The predicted molar refractivity (Wildman–Crippen MR) is 83.5 cm³/mol. The van der Waals surface area contributed by atoms with Crippen LogP contribution in [0.25, 0.3) is 0 Å². The molecule has 0 aromatic rings. The van der Waals surface area contributed by atoms with Gasteiger partial charge < -0.3 is 9.47 Å². The third kappa shape index (κ3) is 11.3. The summed E-state index contributed by atoms with van der Waals surface area (Å²) in [6, 6.07) is 0. The van der Waals surface area contributed by atoms with Crippen molar-refractivity contribution in [1.29, 1.82) is 0 Å². The van der Waals surface area contributed by atoms with Crippen LogP contribution in [0.1, 0.15) is 61.8 Å². The molecule has 0 aromatic carbocycles. The van der Waals surface area contributed by atoms with Crippen LogP contribution in [0.15, 0.2) is 0 Å². The van der Waals surface area contributed by atoms with Crippen LogP contribution >= 0.6 is 0 Å². The highest BCUT2D eigenvalue weighted by atomic mass is 17.3. The first-order chi connectivity index (χ1) is 10.2. The molecule has 134 valence electrons. The number of hydrogen-bond donors (Lipinski definition) is 0. The predicted octanol–water partition coefficient (Wildman–Crippen LogP) is 4.05. The number of ether oxygens (including phenoxy) is 2. The summed E-state index contributed by atoms with van der Waals surface area (Å²) < 4.78 is 10.9. The summed E-state index contributed by atoms with van der Waals surface area (Å²) in [6.45, 7) is 16.7. The molecule has 0 amide bonds. The zero-order valence-electron chi connectivity index (χ0n) is 15.4. The van der Waals surface area contributed by atoms with Crippen molar-refractivity contribution in [2.75, 3.05) is 13.2 Å². The maximum absolute atomic E-state index is 5.47. The highest BCUT2D eigenvalue weighted by Crippen LogP contribution is 2.20. The van der Waals surface area contributed by atoms with Gasteiger partial charge in [0, 0.05) is 6.42 Å². The lowest BCUT2D eigenvalue weighted by Crippen LogP contribution is -2.35. The van der Waals surface area contributed by atoms with Crippen LogP contribution in [-0.4, -0.2) is 31.6 Å². The Balaban J connectivity index is 4.07. The molecular weight excluding hydrogens is 288 g/mol.